The molecule has 1 aromatic heterocycles. The van der Waals surface area contributed by atoms with E-state index >= 15 is 0 Å². The van der Waals surface area contributed by atoms with E-state index in [1.165, 1.54) is 0 Å². The number of carbonyl (C=O) groups is 1. The second-order valence-corrected chi connectivity index (χ2v) is 7.28. The fourth-order valence-electron chi connectivity index (χ4n) is 4.11. The van der Waals surface area contributed by atoms with Crippen molar-refractivity contribution >= 4 is 5.78 Å². The van der Waals surface area contributed by atoms with Crippen molar-refractivity contribution in [2.45, 2.75) is 12.8 Å². The molecule has 0 amide bonds. The van der Waals surface area contributed by atoms with E-state index in [2.05, 4.69) is 43.3 Å². The molecule has 0 saturated carbocycles. The average molecular weight is 361 g/mol. The lowest BCUT2D eigenvalue weighted by molar-refractivity contribution is 0.103. The highest BCUT2D eigenvalue weighted by atomic mass is 16.1. The fraction of sp³-hybridized carbons (Fsp3) is 0.0769. The molecule has 2 heteroatoms. The molecule has 0 fully saturated rings. The van der Waals surface area contributed by atoms with Gasteiger partial charge in [0.1, 0.15) is 0 Å². The maximum Gasteiger partial charge on any atom is 0.193 e. The highest BCUT2D eigenvalue weighted by Gasteiger charge is 2.31. The van der Waals surface area contributed by atoms with Crippen molar-refractivity contribution in [2.75, 3.05) is 0 Å². The summed E-state index contributed by atoms with van der Waals surface area (Å²) in [5.74, 6) is 0.122. The molecule has 0 N–H and O–H groups in total. The second-order valence-electron chi connectivity index (χ2n) is 7.28. The minimum Gasteiger partial charge on any atom is -0.289 e. The van der Waals surface area contributed by atoms with Gasteiger partial charge < -0.3 is 0 Å². The van der Waals surface area contributed by atoms with E-state index in [0.29, 0.717) is 0 Å². The molecular formula is C26H19NO. The van der Waals surface area contributed by atoms with Gasteiger partial charge in [0.2, 0.25) is 0 Å². The first-order valence-electron chi connectivity index (χ1n) is 9.48. The van der Waals surface area contributed by atoms with Crippen LogP contribution >= 0.6 is 0 Å². The third-order valence-electron chi connectivity index (χ3n) is 5.47. The fourth-order valence-corrected chi connectivity index (χ4v) is 4.11. The zero-order valence-electron chi connectivity index (χ0n) is 15.6. The van der Waals surface area contributed by atoms with E-state index in [-0.39, 0.29) is 11.7 Å². The van der Waals surface area contributed by atoms with E-state index in [0.717, 1.165) is 44.6 Å². The summed E-state index contributed by atoms with van der Waals surface area (Å²) in [5, 5.41) is 0. The average Bonchev–Trinajstić information content (AvgIpc) is 2.75. The first-order chi connectivity index (χ1) is 13.7. The smallest absolute Gasteiger partial charge is 0.193 e. The van der Waals surface area contributed by atoms with Gasteiger partial charge in [-0.15, -0.1) is 0 Å². The number of fused-ring (bicyclic) bond motifs is 2. The quantitative estimate of drug-likeness (QED) is 0.399. The van der Waals surface area contributed by atoms with Gasteiger partial charge >= 0.3 is 0 Å². The lowest BCUT2D eigenvalue weighted by Crippen LogP contribution is -2.20. The molecule has 0 spiro atoms. The molecule has 1 unspecified atom stereocenters. The van der Waals surface area contributed by atoms with Crippen LogP contribution in [0.4, 0.5) is 0 Å². The van der Waals surface area contributed by atoms with Gasteiger partial charge in [-0.25, -0.2) is 0 Å². The summed E-state index contributed by atoms with van der Waals surface area (Å²) < 4.78 is 0. The lowest BCUT2D eigenvalue weighted by atomic mass is 9.74. The molecule has 134 valence electrons. The van der Waals surface area contributed by atoms with Crippen LogP contribution in [0.15, 0.2) is 91.1 Å². The standard InChI is InChI=1S/C26H19NO/c1-17-11-13-22-23(15-17)25(20-9-5-6-10-21(20)26(22)28)19-12-14-24(27-16-19)18-7-3-2-4-8-18/h2-16,25H,1H3. The zero-order valence-corrected chi connectivity index (χ0v) is 15.6. The highest BCUT2D eigenvalue weighted by molar-refractivity contribution is 6.13. The number of aryl methyl sites for hydroxylation is 1. The maximum atomic E-state index is 13.0. The van der Waals surface area contributed by atoms with Crippen LogP contribution in [0.2, 0.25) is 0 Å². The number of rotatable bonds is 2. The van der Waals surface area contributed by atoms with E-state index in [9.17, 15) is 4.79 Å². The van der Waals surface area contributed by atoms with Crippen LogP contribution in [-0.2, 0) is 0 Å². The number of hydrogen-bond acceptors (Lipinski definition) is 2. The third kappa shape index (κ3) is 2.66. The molecular weight excluding hydrogens is 342 g/mol. The molecule has 1 heterocycles. The van der Waals surface area contributed by atoms with Crippen LogP contribution in [0.1, 0.15) is 44.1 Å². The number of nitrogens with zero attached hydrogens (tertiary/aromatic N) is 1. The predicted molar refractivity (Wildman–Crippen MR) is 112 cm³/mol. The first kappa shape index (κ1) is 16.6. The molecule has 0 bridgehead atoms. The van der Waals surface area contributed by atoms with E-state index in [1.807, 2.05) is 54.7 Å². The minimum absolute atomic E-state index is 0.0149. The molecule has 0 saturated heterocycles. The molecule has 3 aromatic carbocycles. The lowest BCUT2D eigenvalue weighted by Gasteiger charge is -2.28. The Morgan fingerprint density at radius 1 is 0.750 bits per heavy atom. The number of ketones is 1. The number of aromatic nitrogens is 1. The second kappa shape index (κ2) is 6.58. The van der Waals surface area contributed by atoms with Crippen molar-refractivity contribution in [1.29, 1.82) is 0 Å². The van der Waals surface area contributed by atoms with Gasteiger partial charge in [0.15, 0.2) is 5.78 Å². The Hall–Kier alpha value is -3.52. The third-order valence-corrected chi connectivity index (χ3v) is 5.47. The van der Waals surface area contributed by atoms with Gasteiger partial charge in [-0.05, 0) is 29.7 Å². The van der Waals surface area contributed by atoms with Crippen molar-refractivity contribution in [1.82, 2.24) is 4.98 Å². The summed E-state index contributed by atoms with van der Waals surface area (Å²) in [5.41, 5.74) is 8.02. The molecule has 5 rings (SSSR count). The summed E-state index contributed by atoms with van der Waals surface area (Å²) >= 11 is 0. The molecule has 1 aliphatic rings. The Morgan fingerprint density at radius 2 is 1.50 bits per heavy atom. The number of hydrogen-bond donors (Lipinski definition) is 0. The minimum atomic E-state index is 0.0149. The Bertz CT molecular complexity index is 1180. The molecule has 2 nitrogen and oxygen atoms in total. The van der Waals surface area contributed by atoms with Crippen molar-refractivity contribution < 1.29 is 4.79 Å². The maximum absolute atomic E-state index is 13.0. The van der Waals surface area contributed by atoms with E-state index < -0.39 is 0 Å². The van der Waals surface area contributed by atoms with Crippen molar-refractivity contribution in [3.05, 3.63) is 125 Å². The molecule has 0 aliphatic heterocycles. The number of benzene rings is 3. The van der Waals surface area contributed by atoms with Gasteiger partial charge in [0, 0.05) is 28.8 Å². The van der Waals surface area contributed by atoms with Gasteiger partial charge in [-0.3, -0.25) is 9.78 Å². The SMILES string of the molecule is Cc1ccc2c(c1)C(c1ccc(-c3ccccc3)nc1)c1ccccc1C2=O. The normalized spacial score (nSPS) is 15.0. The van der Waals surface area contributed by atoms with Crippen LogP contribution < -0.4 is 0 Å². The van der Waals surface area contributed by atoms with Crippen LogP contribution in [0, 0.1) is 6.92 Å². The number of pyridine rings is 1. The van der Waals surface area contributed by atoms with Crippen LogP contribution in [-0.4, -0.2) is 10.8 Å². The Kier molecular flexibility index (Phi) is 3.91. The molecule has 0 radical (unpaired) electrons. The van der Waals surface area contributed by atoms with Gasteiger partial charge in [-0.1, -0.05) is 84.4 Å². The molecule has 1 atom stereocenters. The van der Waals surface area contributed by atoms with Crippen LogP contribution in [0.3, 0.4) is 0 Å². The number of carbonyl (C=O) groups excluding carboxylic acids is 1. The van der Waals surface area contributed by atoms with E-state index in [4.69, 9.17) is 4.98 Å². The topological polar surface area (TPSA) is 30.0 Å². The van der Waals surface area contributed by atoms with Crippen LogP contribution in [0.5, 0.6) is 0 Å². The predicted octanol–water partition coefficient (Wildman–Crippen LogP) is 5.78. The Balaban J connectivity index is 1.67. The van der Waals surface area contributed by atoms with Gasteiger partial charge in [-0.2, -0.15) is 0 Å². The monoisotopic (exact) mass is 361 g/mol. The summed E-state index contributed by atoms with van der Waals surface area (Å²) in [4.78, 5) is 17.7. The Labute approximate surface area is 164 Å². The first-order valence-corrected chi connectivity index (χ1v) is 9.48. The van der Waals surface area contributed by atoms with E-state index in [1.54, 1.807) is 0 Å². The molecule has 28 heavy (non-hydrogen) atoms. The summed E-state index contributed by atoms with van der Waals surface area (Å²) in [7, 11) is 0. The van der Waals surface area contributed by atoms with Gasteiger partial charge in [0.25, 0.3) is 0 Å². The summed E-state index contributed by atoms with van der Waals surface area (Å²) in [6.07, 6.45) is 1.95. The van der Waals surface area contributed by atoms with Crippen molar-refractivity contribution in [3.8, 4) is 11.3 Å². The Morgan fingerprint density at radius 3 is 2.29 bits per heavy atom. The zero-order chi connectivity index (χ0) is 19.1. The van der Waals surface area contributed by atoms with Gasteiger partial charge in [0.05, 0.1) is 5.69 Å². The molecule has 1 aliphatic carbocycles. The molecule has 4 aromatic rings. The van der Waals surface area contributed by atoms with Crippen LogP contribution in [0.25, 0.3) is 11.3 Å². The summed E-state index contributed by atoms with van der Waals surface area (Å²) in [6.45, 7) is 2.07. The highest BCUT2D eigenvalue weighted by Crippen LogP contribution is 2.41. The van der Waals surface area contributed by atoms with Crippen molar-refractivity contribution in [3.63, 3.8) is 0 Å². The summed E-state index contributed by atoms with van der Waals surface area (Å²) in [6, 6.07) is 28.4. The van der Waals surface area contributed by atoms with Crippen molar-refractivity contribution in [2.24, 2.45) is 0 Å². The largest absolute Gasteiger partial charge is 0.289 e.